The van der Waals surface area contributed by atoms with Gasteiger partial charge in [-0.3, -0.25) is 9.59 Å². The average molecular weight is 406 g/mol. The van der Waals surface area contributed by atoms with Crippen LogP contribution in [0, 0.1) is 12.7 Å². The first-order valence-electron chi connectivity index (χ1n) is 9.99. The van der Waals surface area contributed by atoms with Crippen LogP contribution in [0.3, 0.4) is 0 Å². The molecule has 30 heavy (non-hydrogen) atoms. The van der Waals surface area contributed by atoms with E-state index < -0.39 is 5.82 Å². The molecule has 2 aromatic carbocycles. The third kappa shape index (κ3) is 3.96. The van der Waals surface area contributed by atoms with Crippen molar-refractivity contribution in [2.75, 3.05) is 13.1 Å². The van der Waals surface area contributed by atoms with Gasteiger partial charge in [0, 0.05) is 24.7 Å². The molecule has 0 saturated carbocycles. The van der Waals surface area contributed by atoms with Gasteiger partial charge in [0.05, 0.1) is 17.5 Å². The molecule has 6 nitrogen and oxygen atoms in total. The molecule has 0 aliphatic carbocycles. The molecule has 1 aliphatic rings. The minimum absolute atomic E-state index is 0.0315. The van der Waals surface area contributed by atoms with Crippen molar-refractivity contribution >= 4 is 11.8 Å². The summed E-state index contributed by atoms with van der Waals surface area (Å²) in [5.74, 6) is -0.608. The molecule has 2 amide bonds. The topological polar surface area (TPSA) is 67.2 Å². The number of likely N-dealkylation sites (tertiary alicyclic amines) is 1. The Kier molecular flexibility index (Phi) is 5.61. The summed E-state index contributed by atoms with van der Waals surface area (Å²) in [6, 6.07) is 15.5. The highest BCUT2D eigenvalue weighted by atomic mass is 19.1. The number of halogens is 1. The van der Waals surface area contributed by atoms with Gasteiger partial charge in [-0.2, -0.15) is 5.10 Å². The van der Waals surface area contributed by atoms with Gasteiger partial charge in [-0.25, -0.2) is 9.07 Å². The number of benzene rings is 2. The fourth-order valence-corrected chi connectivity index (χ4v) is 3.74. The van der Waals surface area contributed by atoms with Gasteiger partial charge in [-0.15, -0.1) is 0 Å². The molecule has 1 fully saturated rings. The monoisotopic (exact) mass is 406 g/mol. The second kappa shape index (κ2) is 8.49. The Hall–Kier alpha value is -3.48. The molecule has 0 spiro atoms. The van der Waals surface area contributed by atoms with Crippen LogP contribution in [-0.2, 0) is 0 Å². The van der Waals surface area contributed by atoms with Gasteiger partial charge in [0.2, 0.25) is 0 Å². The number of carbonyl (C=O) groups excluding carboxylic acids is 2. The smallest absolute Gasteiger partial charge is 0.257 e. The van der Waals surface area contributed by atoms with Crippen molar-refractivity contribution in [3.63, 3.8) is 0 Å². The molecule has 0 unspecified atom stereocenters. The zero-order valence-electron chi connectivity index (χ0n) is 16.7. The number of aromatic nitrogens is 2. The van der Waals surface area contributed by atoms with E-state index in [0.29, 0.717) is 48.4 Å². The van der Waals surface area contributed by atoms with Gasteiger partial charge >= 0.3 is 0 Å². The van der Waals surface area contributed by atoms with Gasteiger partial charge in [-0.05, 0) is 44.0 Å². The lowest BCUT2D eigenvalue weighted by Gasteiger charge is -2.32. The fourth-order valence-electron chi connectivity index (χ4n) is 3.74. The zero-order chi connectivity index (χ0) is 21.1. The van der Waals surface area contributed by atoms with Crippen LogP contribution >= 0.6 is 0 Å². The van der Waals surface area contributed by atoms with Crippen molar-refractivity contribution in [1.29, 1.82) is 0 Å². The summed E-state index contributed by atoms with van der Waals surface area (Å²) in [6.07, 6.45) is 2.86. The maximum absolute atomic E-state index is 14.1. The molecule has 0 atom stereocenters. The largest absolute Gasteiger partial charge is 0.349 e. The Labute approximate surface area is 174 Å². The lowest BCUT2D eigenvalue weighted by Crippen LogP contribution is -2.46. The summed E-state index contributed by atoms with van der Waals surface area (Å²) in [6.45, 7) is 2.85. The number of nitrogens with one attached hydrogen (secondary N) is 1. The molecule has 7 heteroatoms. The van der Waals surface area contributed by atoms with E-state index in [0.717, 1.165) is 0 Å². The molecule has 1 N–H and O–H groups in total. The summed E-state index contributed by atoms with van der Waals surface area (Å²) < 4.78 is 15.6. The van der Waals surface area contributed by atoms with Crippen LogP contribution in [0.4, 0.5) is 4.39 Å². The second-order valence-corrected chi connectivity index (χ2v) is 7.41. The van der Waals surface area contributed by atoms with Gasteiger partial charge in [0.25, 0.3) is 11.8 Å². The van der Waals surface area contributed by atoms with E-state index in [-0.39, 0.29) is 17.9 Å². The van der Waals surface area contributed by atoms with E-state index >= 15 is 0 Å². The molecule has 1 aromatic heterocycles. The summed E-state index contributed by atoms with van der Waals surface area (Å²) in [4.78, 5) is 27.1. The van der Waals surface area contributed by atoms with Gasteiger partial charge in [0.1, 0.15) is 11.5 Å². The normalized spacial score (nSPS) is 14.5. The van der Waals surface area contributed by atoms with E-state index in [1.165, 1.54) is 16.9 Å². The Balaban J connectivity index is 1.39. The van der Waals surface area contributed by atoms with Crippen molar-refractivity contribution in [1.82, 2.24) is 20.0 Å². The van der Waals surface area contributed by atoms with Gasteiger partial charge in [0.15, 0.2) is 0 Å². The Morgan fingerprint density at radius 1 is 1.03 bits per heavy atom. The minimum atomic E-state index is -0.391. The lowest BCUT2D eigenvalue weighted by atomic mass is 10.0. The molecule has 3 aromatic rings. The number of para-hydroxylation sites is 1. The number of nitrogens with zero attached hydrogens (tertiary/aromatic N) is 3. The van der Waals surface area contributed by atoms with E-state index in [1.807, 2.05) is 18.2 Å². The average Bonchev–Trinajstić information content (AvgIpc) is 3.16. The van der Waals surface area contributed by atoms with Crippen molar-refractivity contribution in [3.05, 3.63) is 83.4 Å². The molecule has 2 heterocycles. The third-order valence-electron chi connectivity index (χ3n) is 5.47. The zero-order valence-corrected chi connectivity index (χ0v) is 16.7. The third-order valence-corrected chi connectivity index (χ3v) is 5.47. The predicted octanol–water partition coefficient (Wildman–Crippen LogP) is 3.35. The fraction of sp³-hybridized carbons (Fsp3) is 0.261. The number of carbonyl (C=O) groups is 2. The highest BCUT2D eigenvalue weighted by Crippen LogP contribution is 2.20. The highest BCUT2D eigenvalue weighted by Gasteiger charge is 2.27. The molecule has 1 saturated heterocycles. The first-order chi connectivity index (χ1) is 14.5. The van der Waals surface area contributed by atoms with Crippen molar-refractivity contribution in [2.45, 2.75) is 25.8 Å². The van der Waals surface area contributed by atoms with E-state index in [2.05, 4.69) is 10.4 Å². The van der Waals surface area contributed by atoms with E-state index in [4.69, 9.17) is 0 Å². The number of amides is 2. The van der Waals surface area contributed by atoms with Crippen LogP contribution in [0.25, 0.3) is 5.69 Å². The number of hydrogen-bond donors (Lipinski definition) is 1. The molecule has 0 radical (unpaired) electrons. The Bertz CT molecular complexity index is 1060. The summed E-state index contributed by atoms with van der Waals surface area (Å²) in [7, 11) is 0. The maximum Gasteiger partial charge on any atom is 0.257 e. The molecular weight excluding hydrogens is 383 g/mol. The Morgan fingerprint density at radius 2 is 1.70 bits per heavy atom. The number of rotatable bonds is 4. The summed E-state index contributed by atoms with van der Waals surface area (Å²) >= 11 is 0. The number of hydrogen-bond acceptors (Lipinski definition) is 3. The van der Waals surface area contributed by atoms with Crippen LogP contribution < -0.4 is 5.32 Å². The minimum Gasteiger partial charge on any atom is -0.349 e. The van der Waals surface area contributed by atoms with Crippen LogP contribution in [0.5, 0.6) is 0 Å². The molecule has 1 aliphatic heterocycles. The van der Waals surface area contributed by atoms with Crippen molar-refractivity contribution in [3.8, 4) is 5.69 Å². The standard InChI is InChI=1S/C23H23FN4O2/c1-16-19(15-25-28(16)21-10-6-5-9-20(21)24)23(30)27-13-11-18(12-14-27)26-22(29)17-7-3-2-4-8-17/h2-10,15,18H,11-14H2,1H3,(H,26,29). The van der Waals surface area contributed by atoms with Crippen LogP contribution in [0.2, 0.25) is 0 Å². The number of piperidine rings is 1. The second-order valence-electron chi connectivity index (χ2n) is 7.41. The molecular formula is C23H23FN4O2. The molecule has 4 rings (SSSR count). The first kappa shape index (κ1) is 19.8. The van der Waals surface area contributed by atoms with E-state index in [9.17, 15) is 14.0 Å². The maximum atomic E-state index is 14.1. The predicted molar refractivity (Wildman–Crippen MR) is 111 cm³/mol. The van der Waals surface area contributed by atoms with Crippen LogP contribution in [0.15, 0.2) is 60.8 Å². The van der Waals surface area contributed by atoms with Crippen LogP contribution in [0.1, 0.15) is 39.3 Å². The van der Waals surface area contributed by atoms with E-state index in [1.54, 1.807) is 42.2 Å². The van der Waals surface area contributed by atoms with Gasteiger partial charge in [-0.1, -0.05) is 30.3 Å². The Morgan fingerprint density at radius 3 is 2.40 bits per heavy atom. The quantitative estimate of drug-likeness (QED) is 0.723. The lowest BCUT2D eigenvalue weighted by molar-refractivity contribution is 0.0697. The molecule has 0 bridgehead atoms. The van der Waals surface area contributed by atoms with Crippen molar-refractivity contribution in [2.24, 2.45) is 0 Å². The van der Waals surface area contributed by atoms with Crippen molar-refractivity contribution < 1.29 is 14.0 Å². The SMILES string of the molecule is Cc1c(C(=O)N2CCC(NC(=O)c3ccccc3)CC2)cnn1-c1ccccc1F. The van der Waals surface area contributed by atoms with Crippen LogP contribution in [-0.4, -0.2) is 45.6 Å². The summed E-state index contributed by atoms with van der Waals surface area (Å²) in [5, 5.41) is 7.27. The highest BCUT2D eigenvalue weighted by molar-refractivity contribution is 5.95. The molecule has 154 valence electrons. The van der Waals surface area contributed by atoms with Gasteiger partial charge < -0.3 is 10.2 Å². The summed E-state index contributed by atoms with van der Waals surface area (Å²) in [5.41, 5.74) is 2.01. The first-order valence-corrected chi connectivity index (χ1v) is 9.99.